The van der Waals surface area contributed by atoms with Crippen LogP contribution in [0.3, 0.4) is 0 Å². The molecule has 0 saturated heterocycles. The van der Waals surface area contributed by atoms with Crippen LogP contribution in [0.5, 0.6) is 5.75 Å². The molecule has 8 nitrogen and oxygen atoms in total. The maximum absolute atomic E-state index is 5.36. The Morgan fingerprint density at radius 1 is 1.00 bits per heavy atom. The first-order valence-electron chi connectivity index (χ1n) is 11.9. The molecule has 0 fully saturated rings. The number of benzene rings is 2. The van der Waals surface area contributed by atoms with Crippen molar-refractivity contribution in [2.45, 2.75) is 30.7 Å². The second-order valence-corrected chi connectivity index (χ2v) is 9.46. The number of hydrogen-bond donors (Lipinski definition) is 1. The maximum Gasteiger partial charge on any atom is 0.213 e. The number of ether oxygens (including phenoxy) is 1. The monoisotopic (exact) mass is 487 g/mol. The molecule has 0 saturated carbocycles. The van der Waals surface area contributed by atoms with E-state index in [0.29, 0.717) is 5.82 Å². The predicted octanol–water partition coefficient (Wildman–Crippen LogP) is 4.80. The van der Waals surface area contributed by atoms with E-state index in [1.54, 1.807) is 18.9 Å². The molecule has 2 aromatic heterocycles. The molecule has 5 rings (SSSR count). The molecule has 2 aromatic carbocycles. The summed E-state index contributed by atoms with van der Waals surface area (Å²) in [6, 6.07) is 20.2. The lowest BCUT2D eigenvalue weighted by atomic mass is 10.0. The summed E-state index contributed by atoms with van der Waals surface area (Å²) in [5.41, 5.74) is 4.77. The Morgan fingerprint density at radius 3 is 2.49 bits per heavy atom. The van der Waals surface area contributed by atoms with E-state index in [1.165, 1.54) is 0 Å². The summed E-state index contributed by atoms with van der Waals surface area (Å²) >= 11 is 1.72. The second kappa shape index (κ2) is 10.5. The highest BCUT2D eigenvalue weighted by Crippen LogP contribution is 2.35. The van der Waals surface area contributed by atoms with Crippen LogP contribution in [0.15, 0.2) is 70.9 Å². The summed E-state index contributed by atoms with van der Waals surface area (Å²) < 4.78 is 7.20. The normalized spacial score (nSPS) is 15.2. The van der Waals surface area contributed by atoms with Crippen molar-refractivity contribution in [2.24, 2.45) is 5.10 Å². The molecule has 180 valence electrons. The van der Waals surface area contributed by atoms with Crippen molar-refractivity contribution < 1.29 is 4.74 Å². The molecule has 0 amide bonds. The lowest BCUT2D eigenvalue weighted by molar-refractivity contribution is 0.302. The van der Waals surface area contributed by atoms with Crippen LogP contribution in [0, 0.1) is 0 Å². The number of aromatic nitrogens is 5. The minimum atomic E-state index is 0.176. The molecule has 1 aliphatic heterocycles. The van der Waals surface area contributed by atoms with Gasteiger partial charge in [0.05, 0.1) is 23.8 Å². The Bertz CT molecular complexity index is 1290. The fraction of sp³-hybridized carbons (Fsp3) is 0.308. The van der Waals surface area contributed by atoms with Gasteiger partial charge in [-0.3, -0.25) is 5.10 Å². The zero-order chi connectivity index (χ0) is 24.2. The lowest BCUT2D eigenvalue weighted by Gasteiger charge is -2.26. The Labute approximate surface area is 209 Å². The van der Waals surface area contributed by atoms with Crippen LogP contribution >= 0.6 is 11.8 Å². The van der Waals surface area contributed by atoms with Crippen molar-refractivity contribution in [2.75, 3.05) is 26.7 Å². The van der Waals surface area contributed by atoms with Crippen molar-refractivity contribution in [3.63, 3.8) is 0 Å². The smallest absolute Gasteiger partial charge is 0.213 e. The molecule has 35 heavy (non-hydrogen) atoms. The van der Waals surface area contributed by atoms with Crippen molar-refractivity contribution in [3.8, 4) is 28.5 Å². The molecule has 0 spiro atoms. The minimum Gasteiger partial charge on any atom is -0.497 e. The summed E-state index contributed by atoms with van der Waals surface area (Å²) in [6.07, 6.45) is 0.974. The molecule has 3 heterocycles. The van der Waals surface area contributed by atoms with Crippen LogP contribution in [0.1, 0.15) is 25.8 Å². The van der Waals surface area contributed by atoms with Crippen molar-refractivity contribution in [1.82, 2.24) is 30.0 Å². The number of hydrogen-bond acceptors (Lipinski definition) is 7. The Kier molecular flexibility index (Phi) is 6.96. The number of methoxy groups -OCH3 is 1. The number of thioether (sulfide) groups is 1. The predicted molar refractivity (Wildman–Crippen MR) is 140 cm³/mol. The van der Waals surface area contributed by atoms with E-state index in [9.17, 15) is 0 Å². The third kappa shape index (κ3) is 4.87. The topological polar surface area (TPSA) is 84.2 Å². The summed E-state index contributed by atoms with van der Waals surface area (Å²) in [6.45, 7) is 7.47. The van der Waals surface area contributed by atoms with E-state index in [2.05, 4.69) is 51.3 Å². The molecule has 0 aliphatic carbocycles. The highest BCUT2D eigenvalue weighted by atomic mass is 32.2. The van der Waals surface area contributed by atoms with E-state index < -0.39 is 0 Å². The number of nitrogens with one attached hydrogen (secondary N) is 1. The highest BCUT2D eigenvalue weighted by molar-refractivity contribution is 8.00. The average Bonchev–Trinajstić information content (AvgIpc) is 3.56. The highest BCUT2D eigenvalue weighted by Gasteiger charge is 2.30. The van der Waals surface area contributed by atoms with E-state index >= 15 is 0 Å². The third-order valence-electron chi connectivity index (χ3n) is 6.25. The molecule has 1 unspecified atom stereocenters. The van der Waals surface area contributed by atoms with Crippen molar-refractivity contribution in [1.29, 1.82) is 0 Å². The van der Waals surface area contributed by atoms with E-state index in [4.69, 9.17) is 9.84 Å². The Hall–Kier alpha value is -3.43. The maximum atomic E-state index is 5.36. The zero-order valence-electron chi connectivity index (χ0n) is 20.2. The number of fused-ring (bicyclic) bond motifs is 1. The Balaban J connectivity index is 1.50. The SMILES string of the molecule is CCN(CC)CCC1Sc2nnc(-c3cc(-c4ccccc4)n[nH]3)n2N=C1c1ccc(OC)cc1. The van der Waals surface area contributed by atoms with Crippen LogP contribution in [-0.2, 0) is 0 Å². The fourth-order valence-electron chi connectivity index (χ4n) is 4.19. The van der Waals surface area contributed by atoms with Gasteiger partial charge in [0.25, 0.3) is 0 Å². The number of H-pyrrole nitrogens is 1. The number of aromatic amines is 1. The van der Waals surface area contributed by atoms with Gasteiger partial charge in [-0.1, -0.05) is 55.9 Å². The van der Waals surface area contributed by atoms with E-state index in [-0.39, 0.29) is 5.25 Å². The third-order valence-corrected chi connectivity index (χ3v) is 7.46. The molecule has 1 N–H and O–H groups in total. The summed E-state index contributed by atoms with van der Waals surface area (Å²) in [5, 5.41) is 22.6. The molecule has 0 bridgehead atoms. The van der Waals surface area contributed by atoms with Crippen LogP contribution in [0.4, 0.5) is 0 Å². The van der Waals surface area contributed by atoms with Crippen molar-refractivity contribution in [3.05, 3.63) is 66.2 Å². The molecular weight excluding hydrogens is 458 g/mol. The lowest BCUT2D eigenvalue weighted by Crippen LogP contribution is -2.31. The first kappa shape index (κ1) is 23.3. The summed E-state index contributed by atoms with van der Waals surface area (Å²) in [7, 11) is 1.68. The van der Waals surface area contributed by atoms with Gasteiger partial charge in [-0.2, -0.15) is 14.9 Å². The molecule has 1 atom stereocenters. The Morgan fingerprint density at radius 2 is 1.77 bits per heavy atom. The fourth-order valence-corrected chi connectivity index (χ4v) is 5.27. The van der Waals surface area contributed by atoms with Crippen LogP contribution in [0.25, 0.3) is 22.8 Å². The molecule has 1 aliphatic rings. The second-order valence-electron chi connectivity index (χ2n) is 8.29. The van der Waals surface area contributed by atoms with Gasteiger partial charge in [0, 0.05) is 5.56 Å². The number of nitrogens with zero attached hydrogens (tertiary/aromatic N) is 6. The van der Waals surface area contributed by atoms with Gasteiger partial charge in [-0.05, 0) is 62.0 Å². The van der Waals surface area contributed by atoms with Crippen LogP contribution in [0.2, 0.25) is 0 Å². The number of rotatable bonds is 9. The van der Waals surface area contributed by atoms with Crippen LogP contribution in [-0.4, -0.2) is 67.7 Å². The average molecular weight is 488 g/mol. The quantitative estimate of drug-likeness (QED) is 0.365. The van der Waals surface area contributed by atoms with Gasteiger partial charge in [0.1, 0.15) is 11.4 Å². The van der Waals surface area contributed by atoms with Gasteiger partial charge in [0.15, 0.2) is 0 Å². The zero-order valence-corrected chi connectivity index (χ0v) is 21.0. The van der Waals surface area contributed by atoms with Crippen LogP contribution < -0.4 is 4.74 Å². The molecule has 4 aromatic rings. The van der Waals surface area contributed by atoms with Gasteiger partial charge in [-0.25, -0.2) is 0 Å². The standard InChI is InChI=1S/C26H29N7OS/c1-4-32(5-2)16-15-23-24(19-11-13-20(34-3)14-12-19)31-33-25(29-30-26(33)35-23)22-17-21(27-28-22)18-9-7-6-8-10-18/h6-14,17,23H,4-5,15-16H2,1-3H3,(H,27,28). The molecule has 9 heteroatoms. The first-order chi connectivity index (χ1) is 17.2. The van der Waals surface area contributed by atoms with Crippen molar-refractivity contribution >= 4 is 17.5 Å². The van der Waals surface area contributed by atoms with Gasteiger partial charge in [-0.15, -0.1) is 10.2 Å². The van der Waals surface area contributed by atoms with E-state index in [0.717, 1.165) is 65.2 Å². The van der Waals surface area contributed by atoms with Gasteiger partial charge in [0.2, 0.25) is 11.0 Å². The molecule has 0 radical (unpaired) electrons. The van der Waals surface area contributed by atoms with E-state index in [1.807, 2.05) is 53.2 Å². The summed E-state index contributed by atoms with van der Waals surface area (Å²) in [5.74, 6) is 1.48. The van der Waals surface area contributed by atoms with Gasteiger partial charge < -0.3 is 9.64 Å². The van der Waals surface area contributed by atoms with Gasteiger partial charge >= 0.3 is 0 Å². The minimum absolute atomic E-state index is 0.176. The summed E-state index contributed by atoms with van der Waals surface area (Å²) in [4.78, 5) is 2.44. The molecular formula is C26H29N7OS. The largest absolute Gasteiger partial charge is 0.497 e. The first-order valence-corrected chi connectivity index (χ1v) is 12.8.